The zero-order chi connectivity index (χ0) is 24.8. The molecule has 8 nitrogen and oxygen atoms in total. The minimum absolute atomic E-state index is 0.443. The van der Waals surface area contributed by atoms with Crippen molar-refractivity contribution in [3.05, 3.63) is 83.5 Å². The number of aliphatic imine (C=N–C) groups is 1. The Balaban J connectivity index is 1.02. The quantitative estimate of drug-likeness (QED) is 0.173. The Bertz CT molecular complexity index is 1640. The maximum Gasteiger partial charge on any atom is 0.137 e. The molecule has 5 aromatic heterocycles. The molecule has 5 aromatic rings. The second-order valence-electron chi connectivity index (χ2n) is 10.4. The SMILES string of the molecule is NN=C(C=NCc1cn2cc(CNCC34CC(C3)C4)ccc2n1)c1cncc(-n2ccc3ccsc32)c1. The van der Waals surface area contributed by atoms with Crippen molar-refractivity contribution >= 4 is 39.1 Å². The summed E-state index contributed by atoms with van der Waals surface area (Å²) in [5.74, 6) is 6.75. The molecule has 186 valence electrons. The van der Waals surface area contributed by atoms with Crippen LogP contribution in [0.15, 0.2) is 76.8 Å². The summed E-state index contributed by atoms with van der Waals surface area (Å²) in [6.45, 7) is 2.47. The predicted octanol–water partition coefficient (Wildman–Crippen LogP) is 4.56. The first-order valence-corrected chi connectivity index (χ1v) is 13.5. The van der Waals surface area contributed by atoms with Gasteiger partial charge in [0.2, 0.25) is 0 Å². The number of imidazole rings is 1. The third-order valence-electron chi connectivity index (χ3n) is 7.76. The molecule has 2 bridgehead atoms. The summed E-state index contributed by atoms with van der Waals surface area (Å²) >= 11 is 1.70. The van der Waals surface area contributed by atoms with Crippen molar-refractivity contribution in [2.24, 2.45) is 27.3 Å². The Morgan fingerprint density at radius 1 is 1.19 bits per heavy atom. The number of pyridine rings is 2. The topological polar surface area (TPSA) is 97.9 Å². The molecular weight excluding hydrogens is 480 g/mol. The van der Waals surface area contributed by atoms with Crippen LogP contribution < -0.4 is 11.2 Å². The van der Waals surface area contributed by atoms with Crippen LogP contribution in [0.3, 0.4) is 0 Å². The lowest BCUT2D eigenvalue weighted by molar-refractivity contribution is -0.103. The largest absolute Gasteiger partial charge is 0.323 e. The number of rotatable bonds is 9. The molecule has 0 amide bonds. The number of nitrogens with one attached hydrogen (secondary N) is 1. The Labute approximate surface area is 218 Å². The molecule has 5 heterocycles. The highest BCUT2D eigenvalue weighted by Crippen LogP contribution is 2.63. The van der Waals surface area contributed by atoms with E-state index >= 15 is 0 Å². The van der Waals surface area contributed by atoms with E-state index in [1.807, 2.05) is 18.5 Å². The van der Waals surface area contributed by atoms with E-state index in [1.54, 1.807) is 23.7 Å². The van der Waals surface area contributed by atoms with Crippen LogP contribution in [0.1, 0.15) is 36.1 Å². The molecule has 3 aliphatic carbocycles. The van der Waals surface area contributed by atoms with Gasteiger partial charge in [0, 0.05) is 55.0 Å². The van der Waals surface area contributed by atoms with Gasteiger partial charge in [-0.3, -0.25) is 9.98 Å². The van der Waals surface area contributed by atoms with Gasteiger partial charge < -0.3 is 20.1 Å². The fraction of sp³-hybridized carbons (Fsp3) is 0.286. The average molecular weight is 509 g/mol. The van der Waals surface area contributed by atoms with Crippen molar-refractivity contribution in [2.75, 3.05) is 6.54 Å². The second kappa shape index (κ2) is 8.93. The highest BCUT2D eigenvalue weighted by Gasteiger charge is 2.55. The van der Waals surface area contributed by atoms with Crippen molar-refractivity contribution < 1.29 is 0 Å². The molecule has 0 aliphatic heterocycles. The second-order valence-corrected chi connectivity index (χ2v) is 11.3. The van der Waals surface area contributed by atoms with Crippen molar-refractivity contribution in [3.63, 3.8) is 0 Å². The number of hydrogen-bond acceptors (Lipinski definition) is 7. The first kappa shape index (κ1) is 22.4. The number of aromatic nitrogens is 4. The molecule has 37 heavy (non-hydrogen) atoms. The Kier molecular flexibility index (Phi) is 5.40. The van der Waals surface area contributed by atoms with E-state index < -0.39 is 0 Å². The van der Waals surface area contributed by atoms with E-state index in [4.69, 9.17) is 10.8 Å². The van der Waals surface area contributed by atoms with Crippen molar-refractivity contribution in [2.45, 2.75) is 32.4 Å². The van der Waals surface area contributed by atoms with Crippen LogP contribution in [-0.2, 0) is 13.1 Å². The van der Waals surface area contributed by atoms with Gasteiger partial charge in [0.25, 0.3) is 0 Å². The zero-order valence-corrected chi connectivity index (χ0v) is 21.2. The molecule has 0 saturated heterocycles. The van der Waals surface area contributed by atoms with E-state index in [0.717, 1.165) is 41.6 Å². The van der Waals surface area contributed by atoms with Crippen molar-refractivity contribution in [3.8, 4) is 5.69 Å². The molecule has 3 fully saturated rings. The molecule has 0 atom stereocenters. The van der Waals surface area contributed by atoms with Crippen LogP contribution >= 0.6 is 11.3 Å². The summed E-state index contributed by atoms with van der Waals surface area (Å²) in [6.07, 6.45) is 15.8. The van der Waals surface area contributed by atoms with Gasteiger partial charge in [-0.1, -0.05) is 6.07 Å². The summed E-state index contributed by atoms with van der Waals surface area (Å²) in [7, 11) is 0. The summed E-state index contributed by atoms with van der Waals surface area (Å²) in [5, 5.41) is 10.9. The van der Waals surface area contributed by atoms with Crippen LogP contribution in [0.5, 0.6) is 0 Å². The first-order valence-electron chi connectivity index (χ1n) is 12.6. The van der Waals surface area contributed by atoms with Gasteiger partial charge >= 0.3 is 0 Å². The lowest BCUT2D eigenvalue weighted by Gasteiger charge is -2.62. The predicted molar refractivity (Wildman–Crippen MR) is 149 cm³/mol. The third-order valence-corrected chi connectivity index (χ3v) is 8.68. The average Bonchev–Trinajstić information content (AvgIpc) is 3.58. The molecule has 0 spiro atoms. The summed E-state index contributed by atoms with van der Waals surface area (Å²) in [6, 6.07) is 10.5. The Morgan fingerprint density at radius 2 is 2.11 bits per heavy atom. The maximum atomic E-state index is 5.73. The molecule has 0 radical (unpaired) electrons. The van der Waals surface area contributed by atoms with Gasteiger partial charge in [-0.15, -0.1) is 11.3 Å². The smallest absolute Gasteiger partial charge is 0.137 e. The van der Waals surface area contributed by atoms with Gasteiger partial charge in [0.1, 0.15) is 16.2 Å². The van der Waals surface area contributed by atoms with Crippen molar-refractivity contribution in [1.82, 2.24) is 24.3 Å². The monoisotopic (exact) mass is 508 g/mol. The molecule has 9 heteroatoms. The number of nitrogens with two attached hydrogens (primary N) is 1. The fourth-order valence-corrected chi connectivity index (χ4v) is 6.68. The molecule has 3 N–H and O–H groups in total. The summed E-state index contributed by atoms with van der Waals surface area (Å²) in [5.41, 5.74) is 6.04. The van der Waals surface area contributed by atoms with Gasteiger partial charge in [0.15, 0.2) is 0 Å². The maximum absolute atomic E-state index is 5.73. The number of hydrazone groups is 1. The van der Waals surface area contributed by atoms with E-state index in [9.17, 15) is 0 Å². The molecule has 3 aliphatic rings. The van der Waals surface area contributed by atoms with E-state index in [0.29, 0.717) is 17.7 Å². The molecule has 0 aromatic carbocycles. The molecule has 0 unspecified atom stereocenters. The number of fused-ring (bicyclic) bond motifs is 2. The minimum atomic E-state index is 0.443. The fourth-order valence-electron chi connectivity index (χ4n) is 5.78. The molecule has 3 saturated carbocycles. The third kappa shape index (κ3) is 4.14. The van der Waals surface area contributed by atoms with E-state index in [2.05, 4.69) is 71.4 Å². The lowest BCUT2D eigenvalue weighted by Crippen LogP contribution is -2.56. The van der Waals surface area contributed by atoms with E-state index in [1.165, 1.54) is 35.0 Å². The lowest BCUT2D eigenvalue weighted by atomic mass is 9.44. The van der Waals surface area contributed by atoms with Gasteiger partial charge in [-0.25, -0.2) is 4.98 Å². The number of hydrogen-bond donors (Lipinski definition) is 2. The standard InChI is InChI=1S/C28H28N8S/c29-34-25(22-7-24(14-30-12-22)36-5-3-21-4-6-37-27(21)36)15-31-13-23-17-35-16-19(1-2-26(35)33-23)11-32-18-28-8-20(9-28)10-28/h1-7,12,14-17,20,32H,8-11,13,18,29H2. The Hall–Kier alpha value is -3.82. The van der Waals surface area contributed by atoms with Gasteiger partial charge in [-0.2, -0.15) is 5.10 Å². The highest BCUT2D eigenvalue weighted by molar-refractivity contribution is 7.16. The highest BCUT2D eigenvalue weighted by atomic mass is 32.1. The molecule has 8 rings (SSSR count). The van der Waals surface area contributed by atoms with Crippen LogP contribution in [0, 0.1) is 11.3 Å². The first-order chi connectivity index (χ1) is 18.2. The summed E-state index contributed by atoms with van der Waals surface area (Å²) < 4.78 is 4.20. The number of nitrogens with zero attached hydrogens (tertiary/aromatic N) is 6. The normalized spacial score (nSPS) is 21.1. The van der Waals surface area contributed by atoms with Crippen LogP contribution in [-0.4, -0.2) is 37.4 Å². The zero-order valence-electron chi connectivity index (χ0n) is 20.4. The van der Waals surface area contributed by atoms with Crippen LogP contribution in [0.2, 0.25) is 0 Å². The number of thiophene rings is 1. The van der Waals surface area contributed by atoms with Gasteiger partial charge in [-0.05, 0) is 65.8 Å². The van der Waals surface area contributed by atoms with Crippen LogP contribution in [0.4, 0.5) is 0 Å². The van der Waals surface area contributed by atoms with Crippen LogP contribution in [0.25, 0.3) is 21.6 Å². The minimum Gasteiger partial charge on any atom is -0.323 e. The van der Waals surface area contributed by atoms with Crippen molar-refractivity contribution in [1.29, 1.82) is 0 Å². The summed E-state index contributed by atoms with van der Waals surface area (Å²) in [4.78, 5) is 14.9. The van der Waals surface area contributed by atoms with E-state index in [-0.39, 0.29) is 0 Å². The van der Waals surface area contributed by atoms with Gasteiger partial charge in [0.05, 0.1) is 24.1 Å². The molecular formula is C28H28N8S. The Morgan fingerprint density at radius 3 is 2.95 bits per heavy atom.